The third-order valence-corrected chi connectivity index (χ3v) is 6.22. The van der Waals surface area contributed by atoms with Crippen molar-refractivity contribution in [2.45, 2.75) is 20.5 Å². The number of pyridine rings is 1. The van der Waals surface area contributed by atoms with Gasteiger partial charge < -0.3 is 19.4 Å². The molecule has 0 saturated carbocycles. The number of aryl methyl sites for hydroxylation is 1. The van der Waals surface area contributed by atoms with Gasteiger partial charge in [0.1, 0.15) is 11.6 Å². The predicted molar refractivity (Wildman–Crippen MR) is 123 cm³/mol. The summed E-state index contributed by atoms with van der Waals surface area (Å²) in [4.78, 5) is 18.3. The van der Waals surface area contributed by atoms with Crippen LogP contribution in [0.4, 0.5) is 5.69 Å². The summed E-state index contributed by atoms with van der Waals surface area (Å²) in [5.41, 5.74) is 3.28. The number of rotatable bonds is 7. The number of ether oxygens (including phenoxy) is 2. The van der Waals surface area contributed by atoms with Gasteiger partial charge in [-0.3, -0.25) is 9.78 Å². The maximum Gasteiger partial charge on any atom is 0.258 e. The summed E-state index contributed by atoms with van der Waals surface area (Å²) in [6.45, 7) is 4.38. The van der Waals surface area contributed by atoms with Gasteiger partial charge in [0, 0.05) is 41.4 Å². The van der Waals surface area contributed by atoms with Gasteiger partial charge in [0.25, 0.3) is 5.91 Å². The molecule has 0 aliphatic rings. The molecule has 1 aromatic carbocycles. The van der Waals surface area contributed by atoms with Crippen molar-refractivity contribution >= 4 is 22.9 Å². The van der Waals surface area contributed by atoms with Crippen LogP contribution in [-0.4, -0.2) is 22.6 Å². The molecule has 1 amide bonds. The van der Waals surface area contributed by atoms with Crippen molar-refractivity contribution in [1.82, 2.24) is 9.55 Å². The standard InChI is InChI=1S/C24H23N3O3S/c1-16-17(2)31-24(27-12-4-5-13-27)22(16)23(28)26-19-6-7-20(29-3)21(14-19)30-15-18-8-10-25-11-9-18/h4-14H,15H2,1-3H3,(H,26,28). The third-order valence-electron chi connectivity index (χ3n) is 5.00. The molecule has 31 heavy (non-hydrogen) atoms. The van der Waals surface area contributed by atoms with E-state index in [4.69, 9.17) is 9.47 Å². The zero-order chi connectivity index (χ0) is 21.8. The number of anilines is 1. The Morgan fingerprint density at radius 3 is 2.55 bits per heavy atom. The van der Waals surface area contributed by atoms with Gasteiger partial charge in [0.15, 0.2) is 11.5 Å². The van der Waals surface area contributed by atoms with Crippen LogP contribution in [0.2, 0.25) is 0 Å². The SMILES string of the molecule is COc1ccc(NC(=O)c2c(-n3cccc3)sc(C)c2C)cc1OCc1ccncc1. The van der Waals surface area contributed by atoms with Gasteiger partial charge in [-0.1, -0.05) is 0 Å². The van der Waals surface area contributed by atoms with Crippen LogP contribution in [0.25, 0.3) is 5.00 Å². The highest BCUT2D eigenvalue weighted by Gasteiger charge is 2.21. The number of nitrogens with zero attached hydrogens (tertiary/aromatic N) is 2. The minimum absolute atomic E-state index is 0.157. The molecule has 0 fully saturated rings. The zero-order valence-electron chi connectivity index (χ0n) is 17.6. The first kappa shape index (κ1) is 20.7. The zero-order valence-corrected chi connectivity index (χ0v) is 18.4. The fourth-order valence-corrected chi connectivity index (χ4v) is 4.35. The summed E-state index contributed by atoms with van der Waals surface area (Å²) >= 11 is 1.60. The van der Waals surface area contributed by atoms with Gasteiger partial charge in [0.05, 0.1) is 12.7 Å². The Bertz CT molecular complexity index is 1180. The molecule has 3 heterocycles. The smallest absolute Gasteiger partial charge is 0.258 e. The van der Waals surface area contributed by atoms with Crippen LogP contribution in [0.3, 0.4) is 0 Å². The molecule has 0 radical (unpaired) electrons. The molecule has 4 rings (SSSR count). The lowest BCUT2D eigenvalue weighted by atomic mass is 10.1. The first-order valence-corrected chi connectivity index (χ1v) is 10.6. The first-order chi connectivity index (χ1) is 15.1. The second kappa shape index (κ2) is 9.06. The molecule has 0 saturated heterocycles. The molecule has 7 heteroatoms. The van der Waals surface area contributed by atoms with Gasteiger partial charge in [-0.2, -0.15) is 0 Å². The van der Waals surface area contributed by atoms with Crippen molar-refractivity contribution in [3.63, 3.8) is 0 Å². The van der Waals surface area contributed by atoms with Crippen LogP contribution in [-0.2, 0) is 6.61 Å². The molecule has 0 aliphatic heterocycles. The molecular formula is C24H23N3O3S. The van der Waals surface area contributed by atoms with Crippen LogP contribution in [0, 0.1) is 13.8 Å². The predicted octanol–water partition coefficient (Wildman–Crippen LogP) is 5.39. The molecule has 0 aliphatic carbocycles. The normalized spacial score (nSPS) is 10.7. The van der Waals surface area contributed by atoms with Gasteiger partial charge in [-0.05, 0) is 61.4 Å². The summed E-state index contributed by atoms with van der Waals surface area (Å²) in [5.74, 6) is 0.999. The minimum atomic E-state index is -0.157. The number of amides is 1. The van der Waals surface area contributed by atoms with Crippen LogP contribution < -0.4 is 14.8 Å². The Balaban J connectivity index is 1.58. The Morgan fingerprint density at radius 1 is 1.10 bits per heavy atom. The number of methoxy groups -OCH3 is 1. The first-order valence-electron chi connectivity index (χ1n) is 9.81. The number of benzene rings is 1. The van der Waals surface area contributed by atoms with Crippen LogP contribution in [0.1, 0.15) is 26.4 Å². The molecule has 1 N–H and O–H groups in total. The number of aromatic nitrogens is 2. The second-order valence-corrected chi connectivity index (χ2v) is 8.22. The third kappa shape index (κ3) is 4.46. The maximum atomic E-state index is 13.2. The number of carbonyl (C=O) groups excluding carboxylic acids is 1. The van der Waals surface area contributed by atoms with Crippen molar-refractivity contribution < 1.29 is 14.3 Å². The van der Waals surface area contributed by atoms with E-state index in [2.05, 4.69) is 10.3 Å². The number of hydrogen-bond acceptors (Lipinski definition) is 5. The summed E-state index contributed by atoms with van der Waals surface area (Å²) in [6, 6.07) is 13.0. The minimum Gasteiger partial charge on any atom is -0.493 e. The lowest BCUT2D eigenvalue weighted by Gasteiger charge is -2.14. The lowest BCUT2D eigenvalue weighted by Crippen LogP contribution is -2.14. The highest BCUT2D eigenvalue weighted by atomic mass is 32.1. The second-order valence-electron chi connectivity index (χ2n) is 7.02. The van der Waals surface area contributed by atoms with E-state index >= 15 is 0 Å². The van der Waals surface area contributed by atoms with Gasteiger partial charge in [0.2, 0.25) is 0 Å². The molecule has 0 atom stereocenters. The summed E-state index contributed by atoms with van der Waals surface area (Å²) in [5, 5.41) is 3.92. The van der Waals surface area contributed by atoms with Crippen LogP contribution in [0.5, 0.6) is 11.5 Å². The number of nitrogens with one attached hydrogen (secondary N) is 1. The molecule has 158 valence electrons. The van der Waals surface area contributed by atoms with E-state index < -0.39 is 0 Å². The Morgan fingerprint density at radius 2 is 1.84 bits per heavy atom. The number of carbonyl (C=O) groups is 1. The van der Waals surface area contributed by atoms with Crippen molar-refractivity contribution in [3.8, 4) is 16.5 Å². The summed E-state index contributed by atoms with van der Waals surface area (Å²) in [6.07, 6.45) is 7.33. The average molecular weight is 434 g/mol. The van der Waals surface area contributed by atoms with Gasteiger partial charge in [-0.15, -0.1) is 11.3 Å². The Labute approximate surface area is 185 Å². The molecule has 0 bridgehead atoms. The molecule has 3 aromatic heterocycles. The van der Waals surface area contributed by atoms with Crippen molar-refractivity contribution in [1.29, 1.82) is 0 Å². The van der Waals surface area contributed by atoms with E-state index in [-0.39, 0.29) is 5.91 Å². The number of hydrogen-bond donors (Lipinski definition) is 1. The number of thiophene rings is 1. The molecular weight excluding hydrogens is 410 g/mol. The van der Waals surface area contributed by atoms with Crippen molar-refractivity contribution in [2.24, 2.45) is 0 Å². The van der Waals surface area contributed by atoms with Crippen LogP contribution >= 0.6 is 11.3 Å². The highest BCUT2D eigenvalue weighted by Crippen LogP contribution is 2.34. The topological polar surface area (TPSA) is 65.4 Å². The van der Waals surface area contributed by atoms with E-state index in [1.165, 1.54) is 0 Å². The van der Waals surface area contributed by atoms with E-state index in [1.807, 2.05) is 55.1 Å². The van der Waals surface area contributed by atoms with Crippen molar-refractivity contribution in [2.75, 3.05) is 12.4 Å². The highest BCUT2D eigenvalue weighted by molar-refractivity contribution is 7.15. The molecule has 0 spiro atoms. The lowest BCUT2D eigenvalue weighted by molar-refractivity contribution is 0.102. The molecule has 0 unspecified atom stereocenters. The van der Waals surface area contributed by atoms with E-state index in [9.17, 15) is 4.79 Å². The largest absolute Gasteiger partial charge is 0.493 e. The molecule has 4 aromatic rings. The van der Waals surface area contributed by atoms with E-state index in [0.29, 0.717) is 29.4 Å². The maximum absolute atomic E-state index is 13.2. The van der Waals surface area contributed by atoms with Crippen molar-refractivity contribution in [3.05, 3.63) is 88.8 Å². The van der Waals surface area contributed by atoms with Crippen LogP contribution in [0.15, 0.2) is 67.3 Å². The fraction of sp³-hybridized carbons (Fsp3) is 0.167. The van der Waals surface area contributed by atoms with Gasteiger partial charge >= 0.3 is 0 Å². The summed E-state index contributed by atoms with van der Waals surface area (Å²) in [7, 11) is 1.59. The van der Waals surface area contributed by atoms with Gasteiger partial charge in [-0.25, -0.2) is 0 Å². The monoisotopic (exact) mass is 433 g/mol. The van der Waals surface area contributed by atoms with E-state index in [0.717, 1.165) is 21.0 Å². The summed E-state index contributed by atoms with van der Waals surface area (Å²) < 4.78 is 13.3. The average Bonchev–Trinajstić information content (AvgIpc) is 3.41. The van der Waals surface area contributed by atoms with E-state index in [1.54, 1.807) is 49.0 Å². The quantitative estimate of drug-likeness (QED) is 0.424. The fourth-order valence-electron chi connectivity index (χ4n) is 3.23. The Kier molecular flexibility index (Phi) is 6.04. The molecule has 6 nitrogen and oxygen atoms in total. The Hall–Kier alpha value is -3.58.